The highest BCUT2D eigenvalue weighted by molar-refractivity contribution is 7.17. The largest absolute Gasteiger partial charge is 0.322 e. The van der Waals surface area contributed by atoms with Gasteiger partial charge in [-0.3, -0.25) is 9.59 Å². The predicted molar refractivity (Wildman–Crippen MR) is 124 cm³/mol. The molecule has 1 atom stereocenters. The number of amides is 2. The average molecular weight is 419 g/mol. The lowest BCUT2D eigenvalue weighted by molar-refractivity contribution is 0.102. The Morgan fingerprint density at radius 1 is 1.00 bits per heavy atom. The van der Waals surface area contributed by atoms with E-state index in [9.17, 15) is 9.59 Å². The number of carbonyl (C=O) groups excluding carboxylic acids is 2. The molecular weight excluding hydrogens is 392 g/mol. The Labute approximate surface area is 181 Å². The van der Waals surface area contributed by atoms with Crippen molar-refractivity contribution in [3.05, 3.63) is 81.2 Å². The third kappa shape index (κ3) is 4.17. The molecule has 0 aliphatic heterocycles. The van der Waals surface area contributed by atoms with E-state index in [0.717, 1.165) is 41.6 Å². The van der Waals surface area contributed by atoms with Crippen molar-refractivity contribution < 1.29 is 9.59 Å². The topological polar surface area (TPSA) is 58.2 Å². The van der Waals surface area contributed by atoms with E-state index in [1.54, 1.807) is 23.5 Å². The lowest BCUT2D eigenvalue weighted by Gasteiger charge is -2.19. The van der Waals surface area contributed by atoms with Gasteiger partial charge in [-0.1, -0.05) is 42.8 Å². The third-order valence-electron chi connectivity index (χ3n) is 5.63. The minimum atomic E-state index is -0.192. The van der Waals surface area contributed by atoms with E-state index in [-0.39, 0.29) is 11.8 Å². The van der Waals surface area contributed by atoms with E-state index in [0.29, 0.717) is 22.0 Å². The highest BCUT2D eigenvalue weighted by atomic mass is 32.1. The fourth-order valence-electron chi connectivity index (χ4n) is 3.98. The Hall–Kier alpha value is -2.92. The van der Waals surface area contributed by atoms with Crippen molar-refractivity contribution in [2.45, 2.75) is 40.0 Å². The first-order chi connectivity index (χ1) is 14.4. The van der Waals surface area contributed by atoms with Gasteiger partial charge in [-0.2, -0.15) is 0 Å². The number of fused-ring (bicyclic) bond motifs is 1. The number of carbonyl (C=O) groups is 2. The minimum absolute atomic E-state index is 0.155. The lowest BCUT2D eigenvalue weighted by Crippen LogP contribution is -2.19. The molecule has 0 spiro atoms. The van der Waals surface area contributed by atoms with Crippen molar-refractivity contribution in [3.8, 4) is 0 Å². The van der Waals surface area contributed by atoms with Gasteiger partial charge in [-0.05, 0) is 68.4 Å². The minimum Gasteiger partial charge on any atom is -0.322 e. The second-order valence-corrected chi connectivity index (χ2v) is 9.25. The molecule has 2 amide bonds. The number of hydrogen-bond acceptors (Lipinski definition) is 3. The molecular formula is C25H26N2O2S. The fraction of sp³-hybridized carbons (Fsp3) is 0.280. The second kappa shape index (κ2) is 8.44. The van der Waals surface area contributed by atoms with Gasteiger partial charge in [0.25, 0.3) is 11.8 Å². The molecule has 2 N–H and O–H groups in total. The Kier molecular flexibility index (Phi) is 5.73. The first-order valence-electron chi connectivity index (χ1n) is 10.3. The number of aryl methyl sites for hydroxylation is 2. The second-order valence-electron chi connectivity index (χ2n) is 8.15. The number of thiophene rings is 1. The van der Waals surface area contributed by atoms with Gasteiger partial charge >= 0.3 is 0 Å². The van der Waals surface area contributed by atoms with Crippen LogP contribution >= 0.6 is 11.3 Å². The maximum Gasteiger partial charge on any atom is 0.258 e. The normalized spacial score (nSPS) is 15.4. The van der Waals surface area contributed by atoms with Crippen LogP contribution in [0.4, 0.5) is 10.7 Å². The summed E-state index contributed by atoms with van der Waals surface area (Å²) in [7, 11) is 0. The van der Waals surface area contributed by atoms with Gasteiger partial charge in [0.05, 0.1) is 5.56 Å². The molecule has 0 saturated heterocycles. The van der Waals surface area contributed by atoms with Gasteiger partial charge in [-0.25, -0.2) is 0 Å². The van der Waals surface area contributed by atoms with Crippen molar-refractivity contribution in [1.29, 1.82) is 0 Å². The summed E-state index contributed by atoms with van der Waals surface area (Å²) in [5, 5.41) is 6.72. The van der Waals surface area contributed by atoms with Crippen LogP contribution in [0.3, 0.4) is 0 Å². The summed E-state index contributed by atoms with van der Waals surface area (Å²) in [6, 6.07) is 15.1. The van der Waals surface area contributed by atoms with Gasteiger partial charge in [0.2, 0.25) is 0 Å². The van der Waals surface area contributed by atoms with Gasteiger partial charge in [0.15, 0.2) is 0 Å². The van der Waals surface area contributed by atoms with E-state index >= 15 is 0 Å². The maximum atomic E-state index is 13.3. The van der Waals surface area contributed by atoms with Crippen LogP contribution in [0.25, 0.3) is 0 Å². The SMILES string of the molecule is Cc1ccc(NC(=O)c2c(NC(=O)c3ccccc3)sc3c2CC[C@@H](C)C3)c(C)c1. The molecule has 0 unspecified atom stereocenters. The zero-order valence-electron chi connectivity index (χ0n) is 17.5. The van der Waals surface area contributed by atoms with Crippen LogP contribution < -0.4 is 10.6 Å². The highest BCUT2D eigenvalue weighted by Crippen LogP contribution is 2.40. The Morgan fingerprint density at radius 2 is 1.77 bits per heavy atom. The predicted octanol–water partition coefficient (Wildman–Crippen LogP) is 5.99. The molecule has 1 heterocycles. The van der Waals surface area contributed by atoms with E-state index in [2.05, 4.69) is 23.6 Å². The summed E-state index contributed by atoms with van der Waals surface area (Å²) < 4.78 is 0. The first kappa shape index (κ1) is 20.4. The van der Waals surface area contributed by atoms with Crippen LogP contribution in [0.1, 0.15) is 55.6 Å². The quantitative estimate of drug-likeness (QED) is 0.546. The summed E-state index contributed by atoms with van der Waals surface area (Å²) in [6.07, 6.45) is 2.87. The van der Waals surface area contributed by atoms with Crippen molar-refractivity contribution in [2.24, 2.45) is 5.92 Å². The summed E-state index contributed by atoms with van der Waals surface area (Å²) in [4.78, 5) is 27.3. The number of nitrogens with one attached hydrogen (secondary N) is 2. The molecule has 3 aromatic rings. The summed E-state index contributed by atoms with van der Waals surface area (Å²) >= 11 is 1.54. The Morgan fingerprint density at radius 3 is 2.50 bits per heavy atom. The summed E-state index contributed by atoms with van der Waals surface area (Å²) in [5.41, 5.74) is 5.27. The molecule has 4 rings (SSSR count). The number of hydrogen-bond donors (Lipinski definition) is 2. The van der Waals surface area contributed by atoms with E-state index in [1.165, 1.54) is 4.88 Å². The third-order valence-corrected chi connectivity index (χ3v) is 6.80. The van der Waals surface area contributed by atoms with Gasteiger partial charge < -0.3 is 10.6 Å². The molecule has 30 heavy (non-hydrogen) atoms. The molecule has 0 bridgehead atoms. The molecule has 1 aliphatic carbocycles. The Bertz CT molecular complexity index is 1100. The van der Waals surface area contributed by atoms with Crippen LogP contribution in [0.5, 0.6) is 0 Å². The van der Waals surface area contributed by atoms with Crippen LogP contribution in [0.2, 0.25) is 0 Å². The first-order valence-corrected chi connectivity index (χ1v) is 11.1. The molecule has 0 saturated carbocycles. The molecule has 1 aromatic heterocycles. The van der Waals surface area contributed by atoms with Crippen LogP contribution in [-0.2, 0) is 12.8 Å². The molecule has 154 valence electrons. The van der Waals surface area contributed by atoms with Gasteiger partial charge in [0, 0.05) is 16.1 Å². The number of rotatable bonds is 4. The summed E-state index contributed by atoms with van der Waals surface area (Å²) in [6.45, 7) is 6.26. The summed E-state index contributed by atoms with van der Waals surface area (Å²) in [5.74, 6) is 0.240. The van der Waals surface area contributed by atoms with E-state index < -0.39 is 0 Å². The van der Waals surface area contributed by atoms with Crippen LogP contribution in [-0.4, -0.2) is 11.8 Å². The number of benzene rings is 2. The highest BCUT2D eigenvalue weighted by Gasteiger charge is 2.28. The molecule has 0 radical (unpaired) electrons. The maximum absolute atomic E-state index is 13.3. The van der Waals surface area contributed by atoms with E-state index in [1.807, 2.05) is 44.2 Å². The molecule has 4 nitrogen and oxygen atoms in total. The van der Waals surface area contributed by atoms with Gasteiger partial charge in [-0.15, -0.1) is 11.3 Å². The van der Waals surface area contributed by atoms with Crippen molar-refractivity contribution in [3.63, 3.8) is 0 Å². The van der Waals surface area contributed by atoms with E-state index in [4.69, 9.17) is 0 Å². The van der Waals surface area contributed by atoms with Gasteiger partial charge in [0.1, 0.15) is 5.00 Å². The smallest absolute Gasteiger partial charge is 0.258 e. The molecule has 1 aliphatic rings. The number of anilines is 2. The monoisotopic (exact) mass is 418 g/mol. The fourth-order valence-corrected chi connectivity index (χ4v) is 5.39. The average Bonchev–Trinajstić information content (AvgIpc) is 3.07. The molecule has 0 fully saturated rings. The van der Waals surface area contributed by atoms with Crippen molar-refractivity contribution in [2.75, 3.05) is 10.6 Å². The van der Waals surface area contributed by atoms with Crippen molar-refractivity contribution >= 4 is 33.8 Å². The zero-order valence-corrected chi connectivity index (χ0v) is 18.4. The van der Waals surface area contributed by atoms with Crippen molar-refractivity contribution in [1.82, 2.24) is 0 Å². The van der Waals surface area contributed by atoms with Crippen LogP contribution in [0, 0.1) is 19.8 Å². The lowest BCUT2D eigenvalue weighted by atomic mass is 9.88. The zero-order chi connectivity index (χ0) is 21.3. The van der Waals surface area contributed by atoms with Crippen LogP contribution in [0.15, 0.2) is 48.5 Å². The Balaban J connectivity index is 1.68. The standard InChI is InChI=1S/C25H26N2O2S/c1-15-10-12-20(17(3)13-15)26-24(29)22-19-11-9-16(2)14-21(19)30-25(22)27-23(28)18-7-5-4-6-8-18/h4-8,10,12-13,16H,9,11,14H2,1-3H3,(H,26,29)(H,27,28)/t16-/m1/s1. The molecule has 5 heteroatoms. The molecule has 2 aromatic carbocycles.